The SMILES string of the molecule is Cc1ccc(N2CC(CN=[N+]=[N-])CC2=O)c2cccnc12. The first-order valence-corrected chi connectivity index (χ1v) is 6.86. The summed E-state index contributed by atoms with van der Waals surface area (Å²) in [6.07, 6.45) is 2.18. The first-order valence-electron chi connectivity index (χ1n) is 6.86. The Morgan fingerprint density at radius 3 is 3.14 bits per heavy atom. The average molecular weight is 281 g/mol. The molecule has 6 heteroatoms. The molecule has 6 nitrogen and oxygen atoms in total. The number of aryl methyl sites for hydroxylation is 1. The second-order valence-electron chi connectivity index (χ2n) is 5.29. The molecule has 21 heavy (non-hydrogen) atoms. The van der Waals surface area contributed by atoms with Crippen molar-refractivity contribution in [1.29, 1.82) is 0 Å². The van der Waals surface area contributed by atoms with Gasteiger partial charge in [-0.2, -0.15) is 0 Å². The van der Waals surface area contributed by atoms with Crippen LogP contribution in [0.15, 0.2) is 35.6 Å². The molecule has 1 fully saturated rings. The fraction of sp³-hybridized carbons (Fsp3) is 0.333. The average Bonchev–Trinajstić information content (AvgIpc) is 2.87. The van der Waals surface area contributed by atoms with Crippen molar-refractivity contribution in [3.05, 3.63) is 46.5 Å². The zero-order valence-corrected chi connectivity index (χ0v) is 11.7. The molecule has 0 aliphatic carbocycles. The van der Waals surface area contributed by atoms with Gasteiger partial charge in [0.05, 0.1) is 11.2 Å². The van der Waals surface area contributed by atoms with Crippen LogP contribution in [-0.4, -0.2) is 24.0 Å². The molecule has 2 heterocycles. The van der Waals surface area contributed by atoms with E-state index in [1.807, 2.05) is 31.2 Å². The number of benzene rings is 1. The Morgan fingerprint density at radius 2 is 2.33 bits per heavy atom. The van der Waals surface area contributed by atoms with Crippen LogP contribution in [0.1, 0.15) is 12.0 Å². The molecule has 3 rings (SSSR count). The molecule has 0 bridgehead atoms. The first kappa shape index (κ1) is 13.4. The van der Waals surface area contributed by atoms with Crippen LogP contribution in [-0.2, 0) is 4.79 Å². The van der Waals surface area contributed by atoms with Crippen LogP contribution < -0.4 is 4.90 Å². The van der Waals surface area contributed by atoms with Crippen molar-refractivity contribution in [1.82, 2.24) is 4.98 Å². The smallest absolute Gasteiger partial charge is 0.227 e. The highest BCUT2D eigenvalue weighted by atomic mass is 16.2. The normalized spacial score (nSPS) is 18.0. The standard InChI is InChI=1S/C15H15N5O/c1-10-4-5-13(12-3-2-6-17-15(10)12)20-9-11(7-14(20)21)8-18-19-16/h2-6,11H,7-9H2,1H3. The van der Waals surface area contributed by atoms with Gasteiger partial charge >= 0.3 is 0 Å². The fourth-order valence-corrected chi connectivity index (χ4v) is 2.82. The number of azide groups is 1. The van der Waals surface area contributed by atoms with Gasteiger partial charge in [-0.25, -0.2) is 0 Å². The largest absolute Gasteiger partial charge is 0.311 e. The number of nitrogens with zero attached hydrogens (tertiary/aromatic N) is 5. The van der Waals surface area contributed by atoms with Crippen molar-refractivity contribution in [2.24, 2.45) is 11.0 Å². The highest BCUT2D eigenvalue weighted by Gasteiger charge is 2.31. The van der Waals surface area contributed by atoms with Gasteiger partial charge in [-0.15, -0.1) is 0 Å². The Balaban J connectivity index is 1.99. The van der Waals surface area contributed by atoms with E-state index in [-0.39, 0.29) is 11.8 Å². The summed E-state index contributed by atoms with van der Waals surface area (Å²) in [5.41, 5.74) is 11.3. The van der Waals surface area contributed by atoms with Crippen LogP contribution in [0.4, 0.5) is 5.69 Å². The van der Waals surface area contributed by atoms with E-state index in [1.54, 1.807) is 11.1 Å². The number of anilines is 1. The van der Waals surface area contributed by atoms with Crippen LogP contribution >= 0.6 is 0 Å². The number of pyridine rings is 1. The van der Waals surface area contributed by atoms with E-state index in [0.717, 1.165) is 22.2 Å². The maximum atomic E-state index is 12.2. The lowest BCUT2D eigenvalue weighted by molar-refractivity contribution is -0.117. The molecule has 0 N–H and O–H groups in total. The van der Waals surface area contributed by atoms with E-state index in [0.29, 0.717) is 19.5 Å². The molecule has 1 aromatic carbocycles. The number of amides is 1. The van der Waals surface area contributed by atoms with Gasteiger partial charge < -0.3 is 4.90 Å². The lowest BCUT2D eigenvalue weighted by Gasteiger charge is -2.19. The van der Waals surface area contributed by atoms with E-state index in [4.69, 9.17) is 5.53 Å². The Bertz CT molecular complexity index is 751. The molecule has 0 saturated carbocycles. The second-order valence-corrected chi connectivity index (χ2v) is 5.29. The predicted molar refractivity (Wildman–Crippen MR) is 81.0 cm³/mol. The van der Waals surface area contributed by atoms with Crippen LogP contribution in [0.5, 0.6) is 0 Å². The second kappa shape index (κ2) is 5.42. The monoisotopic (exact) mass is 281 g/mol. The lowest BCUT2D eigenvalue weighted by atomic mass is 10.1. The van der Waals surface area contributed by atoms with E-state index in [9.17, 15) is 4.79 Å². The number of hydrogen-bond acceptors (Lipinski definition) is 3. The van der Waals surface area contributed by atoms with Gasteiger partial charge in [0, 0.05) is 36.0 Å². The zero-order valence-electron chi connectivity index (χ0n) is 11.7. The summed E-state index contributed by atoms with van der Waals surface area (Å²) in [7, 11) is 0. The summed E-state index contributed by atoms with van der Waals surface area (Å²) in [6.45, 7) is 2.96. The minimum Gasteiger partial charge on any atom is -0.311 e. The number of carbonyl (C=O) groups is 1. The van der Waals surface area contributed by atoms with Crippen molar-refractivity contribution in [3.63, 3.8) is 0 Å². The molecule has 1 saturated heterocycles. The Kier molecular flexibility index (Phi) is 3.46. The number of carbonyl (C=O) groups excluding carboxylic acids is 1. The molecule has 1 aliphatic rings. The van der Waals surface area contributed by atoms with Gasteiger partial charge in [0.15, 0.2) is 0 Å². The molecule has 0 spiro atoms. The van der Waals surface area contributed by atoms with Crippen molar-refractivity contribution in [2.75, 3.05) is 18.0 Å². The Hall–Kier alpha value is -2.59. The zero-order chi connectivity index (χ0) is 14.8. The van der Waals surface area contributed by atoms with Gasteiger partial charge in [-0.1, -0.05) is 11.2 Å². The summed E-state index contributed by atoms with van der Waals surface area (Å²) in [5.74, 6) is 0.156. The summed E-state index contributed by atoms with van der Waals surface area (Å²) in [4.78, 5) is 21.2. The Morgan fingerprint density at radius 1 is 1.48 bits per heavy atom. The minimum atomic E-state index is 0.0714. The predicted octanol–water partition coefficient (Wildman–Crippen LogP) is 3.21. The molecule has 1 atom stereocenters. The van der Waals surface area contributed by atoms with Crippen LogP contribution in [0.2, 0.25) is 0 Å². The highest BCUT2D eigenvalue weighted by molar-refractivity contribution is 6.04. The van der Waals surface area contributed by atoms with Gasteiger partial charge in [-0.3, -0.25) is 9.78 Å². The summed E-state index contributed by atoms with van der Waals surface area (Å²) < 4.78 is 0. The third kappa shape index (κ3) is 2.41. The minimum absolute atomic E-state index is 0.0714. The molecule has 1 amide bonds. The maximum Gasteiger partial charge on any atom is 0.227 e. The van der Waals surface area contributed by atoms with Gasteiger partial charge in [0.25, 0.3) is 0 Å². The summed E-state index contributed by atoms with van der Waals surface area (Å²) in [5, 5.41) is 4.56. The quantitative estimate of drug-likeness (QED) is 0.491. The molecule has 1 aliphatic heterocycles. The third-order valence-electron chi connectivity index (χ3n) is 3.85. The van der Waals surface area contributed by atoms with E-state index < -0.39 is 0 Å². The van der Waals surface area contributed by atoms with Crippen LogP contribution in [0.25, 0.3) is 21.3 Å². The van der Waals surface area contributed by atoms with Crippen LogP contribution in [0.3, 0.4) is 0 Å². The van der Waals surface area contributed by atoms with Crippen molar-refractivity contribution in [3.8, 4) is 0 Å². The number of fused-ring (bicyclic) bond motifs is 1. The van der Waals surface area contributed by atoms with E-state index >= 15 is 0 Å². The van der Waals surface area contributed by atoms with E-state index in [1.165, 1.54) is 0 Å². The number of aromatic nitrogens is 1. The number of rotatable bonds is 3. The molecule has 1 unspecified atom stereocenters. The summed E-state index contributed by atoms with van der Waals surface area (Å²) in [6, 6.07) is 7.81. The van der Waals surface area contributed by atoms with Crippen molar-refractivity contribution in [2.45, 2.75) is 13.3 Å². The van der Waals surface area contributed by atoms with Crippen LogP contribution in [0, 0.1) is 12.8 Å². The van der Waals surface area contributed by atoms with Crippen molar-refractivity contribution >= 4 is 22.5 Å². The van der Waals surface area contributed by atoms with Gasteiger partial charge in [0.2, 0.25) is 5.91 Å². The molecule has 0 radical (unpaired) electrons. The van der Waals surface area contributed by atoms with Gasteiger partial charge in [-0.05, 0) is 42.1 Å². The molecular formula is C15H15N5O. The Labute approximate surface area is 122 Å². The highest BCUT2D eigenvalue weighted by Crippen LogP contribution is 2.32. The molecule has 106 valence electrons. The molecular weight excluding hydrogens is 266 g/mol. The fourth-order valence-electron chi connectivity index (χ4n) is 2.82. The molecule has 2 aromatic rings. The maximum absolute atomic E-state index is 12.2. The lowest BCUT2D eigenvalue weighted by Crippen LogP contribution is -2.25. The van der Waals surface area contributed by atoms with E-state index in [2.05, 4.69) is 15.0 Å². The topological polar surface area (TPSA) is 82.0 Å². The number of hydrogen-bond donors (Lipinski definition) is 0. The van der Waals surface area contributed by atoms with Gasteiger partial charge in [0.1, 0.15) is 0 Å². The first-order chi connectivity index (χ1) is 10.2. The third-order valence-corrected chi connectivity index (χ3v) is 3.85. The molecule has 1 aromatic heterocycles. The van der Waals surface area contributed by atoms with Crippen molar-refractivity contribution < 1.29 is 4.79 Å². The summed E-state index contributed by atoms with van der Waals surface area (Å²) >= 11 is 0.